The van der Waals surface area contributed by atoms with Crippen LogP contribution in [0.1, 0.15) is 29.5 Å². The van der Waals surface area contributed by atoms with E-state index in [1.807, 2.05) is 18.2 Å². The lowest BCUT2D eigenvalue weighted by Gasteiger charge is -2.15. The third-order valence-electron chi connectivity index (χ3n) is 4.17. The molecule has 0 saturated carbocycles. The van der Waals surface area contributed by atoms with Crippen molar-refractivity contribution in [2.24, 2.45) is 0 Å². The second-order valence-corrected chi connectivity index (χ2v) is 5.88. The molecule has 0 unspecified atom stereocenters. The van der Waals surface area contributed by atoms with E-state index in [1.54, 1.807) is 12.4 Å². The van der Waals surface area contributed by atoms with Gasteiger partial charge in [-0.2, -0.15) is 13.2 Å². The Morgan fingerprint density at radius 3 is 2.48 bits per heavy atom. The van der Waals surface area contributed by atoms with Gasteiger partial charge in [-0.3, -0.25) is 0 Å². The van der Waals surface area contributed by atoms with Gasteiger partial charge in [0.15, 0.2) is 0 Å². The number of halogens is 3. The quantitative estimate of drug-likeness (QED) is 0.597. The first kappa shape index (κ1) is 17.0. The predicted molar refractivity (Wildman–Crippen MR) is 94.8 cm³/mol. The zero-order chi connectivity index (χ0) is 18.0. The van der Waals surface area contributed by atoms with Crippen molar-refractivity contribution in [3.8, 4) is 0 Å². The van der Waals surface area contributed by atoms with Crippen LogP contribution in [0.15, 0.2) is 61.9 Å². The van der Waals surface area contributed by atoms with E-state index in [2.05, 4.69) is 23.1 Å². The summed E-state index contributed by atoms with van der Waals surface area (Å²) in [6, 6.07) is 11.3. The molecule has 0 fully saturated rings. The molecule has 0 aliphatic heterocycles. The van der Waals surface area contributed by atoms with Crippen LogP contribution in [0.2, 0.25) is 0 Å². The number of hydrogen-bond donors (Lipinski definition) is 1. The van der Waals surface area contributed by atoms with Crippen molar-refractivity contribution in [1.29, 1.82) is 0 Å². The Kier molecular flexibility index (Phi) is 4.49. The molecular weight excluding hydrogens is 325 g/mol. The SMILES string of the molecule is C=C(CCC(=C)c1ccccc1C(F)(F)F)c1ccc2nc[nH]c2c1. The Bertz CT molecular complexity index is 935. The summed E-state index contributed by atoms with van der Waals surface area (Å²) in [5, 5.41) is 0. The maximum atomic E-state index is 13.1. The van der Waals surface area contributed by atoms with Gasteiger partial charge in [0.05, 0.1) is 22.9 Å². The number of rotatable bonds is 5. The van der Waals surface area contributed by atoms with Gasteiger partial charge in [-0.15, -0.1) is 0 Å². The van der Waals surface area contributed by atoms with Crippen LogP contribution in [0.4, 0.5) is 13.2 Å². The van der Waals surface area contributed by atoms with Gasteiger partial charge in [0, 0.05) is 0 Å². The maximum Gasteiger partial charge on any atom is 0.416 e. The predicted octanol–water partition coefficient (Wildman–Crippen LogP) is 6.09. The van der Waals surface area contributed by atoms with E-state index in [9.17, 15) is 13.2 Å². The number of nitrogens with one attached hydrogen (secondary N) is 1. The molecule has 0 spiro atoms. The Balaban J connectivity index is 1.73. The van der Waals surface area contributed by atoms with Crippen LogP contribution in [0.5, 0.6) is 0 Å². The molecule has 1 aromatic heterocycles. The van der Waals surface area contributed by atoms with E-state index in [1.165, 1.54) is 12.1 Å². The van der Waals surface area contributed by atoms with Crippen LogP contribution >= 0.6 is 0 Å². The molecule has 2 aromatic carbocycles. The number of H-pyrrole nitrogens is 1. The Labute approximate surface area is 143 Å². The standard InChI is InChI=1S/C20H17F3N2/c1-13(15-9-10-18-19(11-15)25-12-24-18)7-8-14(2)16-5-3-4-6-17(16)20(21,22)23/h3-6,9-12H,1-2,7-8H2,(H,24,25). The first-order valence-electron chi connectivity index (χ1n) is 7.82. The molecule has 0 bridgehead atoms. The fourth-order valence-corrected chi connectivity index (χ4v) is 2.77. The highest BCUT2D eigenvalue weighted by atomic mass is 19.4. The van der Waals surface area contributed by atoms with Crippen LogP contribution in [0.25, 0.3) is 22.2 Å². The first-order valence-corrected chi connectivity index (χ1v) is 7.82. The number of benzene rings is 2. The number of alkyl halides is 3. The lowest BCUT2D eigenvalue weighted by Crippen LogP contribution is -2.08. The number of imidazole rings is 1. The van der Waals surface area contributed by atoms with Crippen molar-refractivity contribution in [3.63, 3.8) is 0 Å². The minimum absolute atomic E-state index is 0.145. The second kappa shape index (κ2) is 6.59. The van der Waals surface area contributed by atoms with Crippen molar-refractivity contribution in [3.05, 3.63) is 78.6 Å². The third-order valence-corrected chi connectivity index (χ3v) is 4.17. The Morgan fingerprint density at radius 2 is 1.72 bits per heavy atom. The number of aromatic amines is 1. The van der Waals surface area contributed by atoms with E-state index < -0.39 is 11.7 Å². The Morgan fingerprint density at radius 1 is 1.00 bits per heavy atom. The summed E-state index contributed by atoms with van der Waals surface area (Å²) < 4.78 is 39.4. The minimum Gasteiger partial charge on any atom is -0.345 e. The van der Waals surface area contributed by atoms with Crippen LogP contribution in [0, 0.1) is 0 Å². The summed E-state index contributed by atoms with van der Waals surface area (Å²) in [5.74, 6) is 0. The van der Waals surface area contributed by atoms with Gasteiger partial charge < -0.3 is 4.98 Å². The maximum absolute atomic E-state index is 13.1. The number of allylic oxidation sites excluding steroid dienone is 2. The van der Waals surface area contributed by atoms with Crippen molar-refractivity contribution in [2.75, 3.05) is 0 Å². The highest BCUT2D eigenvalue weighted by Gasteiger charge is 2.33. The zero-order valence-electron chi connectivity index (χ0n) is 13.5. The van der Waals surface area contributed by atoms with E-state index in [0.29, 0.717) is 18.4 Å². The molecule has 0 radical (unpaired) electrons. The molecule has 1 N–H and O–H groups in total. The molecule has 0 aliphatic rings. The van der Waals surface area contributed by atoms with Gasteiger partial charge in [-0.25, -0.2) is 4.98 Å². The van der Waals surface area contributed by atoms with Crippen molar-refractivity contribution in [2.45, 2.75) is 19.0 Å². The van der Waals surface area contributed by atoms with Crippen molar-refractivity contribution < 1.29 is 13.2 Å². The third kappa shape index (κ3) is 3.65. The first-order chi connectivity index (χ1) is 11.9. The monoisotopic (exact) mass is 342 g/mol. The average Bonchev–Trinajstić information content (AvgIpc) is 3.06. The molecule has 1 heterocycles. The van der Waals surface area contributed by atoms with Gasteiger partial charge in [-0.1, -0.05) is 37.4 Å². The lowest BCUT2D eigenvalue weighted by atomic mass is 9.94. The van der Waals surface area contributed by atoms with Crippen LogP contribution in [-0.4, -0.2) is 9.97 Å². The van der Waals surface area contributed by atoms with E-state index in [0.717, 1.165) is 28.2 Å². The van der Waals surface area contributed by atoms with Gasteiger partial charge in [0.2, 0.25) is 0 Å². The van der Waals surface area contributed by atoms with Gasteiger partial charge in [-0.05, 0) is 53.3 Å². The lowest BCUT2D eigenvalue weighted by molar-refractivity contribution is -0.137. The average molecular weight is 342 g/mol. The normalized spacial score (nSPS) is 11.6. The van der Waals surface area contributed by atoms with E-state index >= 15 is 0 Å². The van der Waals surface area contributed by atoms with Crippen LogP contribution < -0.4 is 0 Å². The molecule has 0 aliphatic carbocycles. The minimum atomic E-state index is -4.39. The van der Waals surface area contributed by atoms with Crippen LogP contribution in [0.3, 0.4) is 0 Å². The fraction of sp³-hybridized carbons (Fsp3) is 0.150. The van der Waals surface area contributed by atoms with Crippen LogP contribution in [-0.2, 0) is 6.18 Å². The molecule has 3 aromatic rings. The largest absolute Gasteiger partial charge is 0.416 e. The van der Waals surface area contributed by atoms with Crippen molar-refractivity contribution in [1.82, 2.24) is 9.97 Å². The molecule has 0 saturated heterocycles. The molecule has 25 heavy (non-hydrogen) atoms. The molecule has 2 nitrogen and oxygen atoms in total. The summed E-state index contributed by atoms with van der Waals surface area (Å²) in [6.07, 6.45) is -1.83. The second-order valence-electron chi connectivity index (χ2n) is 5.88. The topological polar surface area (TPSA) is 28.7 Å². The van der Waals surface area contributed by atoms with Gasteiger partial charge in [0.25, 0.3) is 0 Å². The highest BCUT2D eigenvalue weighted by Crippen LogP contribution is 2.36. The molecule has 5 heteroatoms. The number of hydrogen-bond acceptors (Lipinski definition) is 1. The molecule has 3 rings (SSSR count). The summed E-state index contributed by atoms with van der Waals surface area (Å²) in [6.45, 7) is 7.90. The van der Waals surface area contributed by atoms with Gasteiger partial charge in [0.1, 0.15) is 0 Å². The number of nitrogens with zero attached hydrogens (tertiary/aromatic N) is 1. The van der Waals surface area contributed by atoms with Gasteiger partial charge >= 0.3 is 6.18 Å². The van der Waals surface area contributed by atoms with E-state index in [-0.39, 0.29) is 5.56 Å². The van der Waals surface area contributed by atoms with Crippen molar-refractivity contribution >= 4 is 22.2 Å². The van der Waals surface area contributed by atoms with E-state index in [4.69, 9.17) is 0 Å². The fourth-order valence-electron chi connectivity index (χ4n) is 2.77. The summed E-state index contributed by atoms with van der Waals surface area (Å²) in [4.78, 5) is 7.19. The molecular formula is C20H17F3N2. The summed E-state index contributed by atoms with van der Waals surface area (Å²) in [5.41, 5.74) is 3.50. The molecule has 128 valence electrons. The summed E-state index contributed by atoms with van der Waals surface area (Å²) in [7, 11) is 0. The number of aromatic nitrogens is 2. The Hall–Kier alpha value is -2.82. The molecule has 0 amide bonds. The molecule has 0 atom stereocenters. The summed E-state index contributed by atoms with van der Waals surface area (Å²) >= 11 is 0. The number of fused-ring (bicyclic) bond motifs is 1. The smallest absolute Gasteiger partial charge is 0.345 e. The highest BCUT2D eigenvalue weighted by molar-refractivity contribution is 5.80. The zero-order valence-corrected chi connectivity index (χ0v) is 13.5.